The van der Waals surface area contributed by atoms with Crippen molar-refractivity contribution in [3.8, 4) is 0 Å². The average molecular weight is 200 g/mol. The summed E-state index contributed by atoms with van der Waals surface area (Å²) in [6.07, 6.45) is 3.35. The van der Waals surface area contributed by atoms with E-state index in [1.807, 2.05) is 6.92 Å². The number of rotatable bonds is 2. The molecule has 0 heterocycles. The summed E-state index contributed by atoms with van der Waals surface area (Å²) in [6.45, 7) is 2.24. The quantitative estimate of drug-likeness (QED) is 0.779. The van der Waals surface area contributed by atoms with Gasteiger partial charge in [0.15, 0.2) is 0 Å². The highest BCUT2D eigenvalue weighted by atomic mass is 35.5. The van der Waals surface area contributed by atoms with Crippen LogP contribution in [0.25, 0.3) is 6.08 Å². The molecule has 1 aromatic carbocycles. The Balaban J connectivity index is 3.08. The molecule has 0 unspecified atom stereocenters. The minimum Gasteiger partial charge on any atom is -0.327 e. The third kappa shape index (κ3) is 2.54. The van der Waals surface area contributed by atoms with Gasteiger partial charge < -0.3 is 5.73 Å². The van der Waals surface area contributed by atoms with Gasteiger partial charge in [-0.1, -0.05) is 23.8 Å². The topological polar surface area (TPSA) is 26.0 Å². The van der Waals surface area contributed by atoms with Crippen LogP contribution in [0.1, 0.15) is 11.1 Å². The number of nitrogens with two attached hydrogens (primary N) is 1. The zero-order valence-corrected chi connectivity index (χ0v) is 8.11. The lowest BCUT2D eigenvalue weighted by atomic mass is 10.1. The normalized spacial score (nSPS) is 11.1. The lowest BCUT2D eigenvalue weighted by Crippen LogP contribution is -1.93. The molecule has 0 spiro atoms. The minimum atomic E-state index is -0.319. The number of benzene rings is 1. The van der Waals surface area contributed by atoms with Crippen molar-refractivity contribution in [3.05, 3.63) is 40.2 Å². The molecule has 0 aliphatic rings. The van der Waals surface area contributed by atoms with E-state index in [-0.39, 0.29) is 5.82 Å². The Bertz CT molecular complexity index is 334. The molecular weight excluding hydrogens is 189 g/mol. The molecular formula is C10H11ClFN. The van der Waals surface area contributed by atoms with Gasteiger partial charge in [-0.25, -0.2) is 4.39 Å². The Morgan fingerprint density at radius 3 is 2.85 bits per heavy atom. The van der Waals surface area contributed by atoms with Crippen molar-refractivity contribution in [2.75, 3.05) is 6.54 Å². The van der Waals surface area contributed by atoms with E-state index >= 15 is 0 Å². The van der Waals surface area contributed by atoms with Crippen molar-refractivity contribution in [2.24, 2.45) is 5.73 Å². The molecule has 0 aliphatic carbocycles. The van der Waals surface area contributed by atoms with Crippen LogP contribution in [-0.2, 0) is 0 Å². The molecule has 0 aliphatic heterocycles. The van der Waals surface area contributed by atoms with E-state index in [0.717, 1.165) is 5.56 Å². The molecule has 0 aromatic heterocycles. The summed E-state index contributed by atoms with van der Waals surface area (Å²) in [5, 5.41) is 0.447. The van der Waals surface area contributed by atoms with E-state index < -0.39 is 0 Å². The maximum atomic E-state index is 13.2. The van der Waals surface area contributed by atoms with Crippen molar-refractivity contribution in [1.82, 2.24) is 0 Å². The molecule has 3 heteroatoms. The third-order valence-electron chi connectivity index (χ3n) is 1.71. The van der Waals surface area contributed by atoms with Gasteiger partial charge in [-0.15, -0.1) is 0 Å². The maximum absolute atomic E-state index is 13.2. The van der Waals surface area contributed by atoms with Gasteiger partial charge in [0.05, 0.1) is 0 Å². The average Bonchev–Trinajstić information content (AvgIpc) is 2.09. The van der Waals surface area contributed by atoms with Gasteiger partial charge in [-0.05, 0) is 24.6 Å². The van der Waals surface area contributed by atoms with Crippen LogP contribution in [0.3, 0.4) is 0 Å². The van der Waals surface area contributed by atoms with E-state index in [9.17, 15) is 4.39 Å². The third-order valence-corrected chi connectivity index (χ3v) is 2.12. The van der Waals surface area contributed by atoms with Crippen LogP contribution in [0.2, 0.25) is 5.02 Å². The number of aryl methyl sites for hydroxylation is 1. The lowest BCUT2D eigenvalue weighted by Gasteiger charge is -2.01. The molecule has 1 aromatic rings. The molecule has 1 nitrogen and oxygen atoms in total. The molecule has 0 fully saturated rings. The molecule has 0 amide bonds. The minimum absolute atomic E-state index is 0.319. The van der Waals surface area contributed by atoms with Crippen molar-refractivity contribution in [2.45, 2.75) is 6.92 Å². The van der Waals surface area contributed by atoms with Crippen molar-refractivity contribution in [3.63, 3.8) is 0 Å². The monoisotopic (exact) mass is 199 g/mol. The maximum Gasteiger partial charge on any atom is 0.131 e. The van der Waals surface area contributed by atoms with Crippen LogP contribution in [0.5, 0.6) is 0 Å². The first-order chi connectivity index (χ1) is 6.15. The SMILES string of the molecule is Cc1cc(C=CCN)c(F)cc1Cl. The Morgan fingerprint density at radius 1 is 1.54 bits per heavy atom. The summed E-state index contributed by atoms with van der Waals surface area (Å²) in [7, 11) is 0. The van der Waals surface area contributed by atoms with E-state index in [1.54, 1.807) is 18.2 Å². The van der Waals surface area contributed by atoms with Gasteiger partial charge in [0.1, 0.15) is 5.82 Å². The van der Waals surface area contributed by atoms with Crippen LogP contribution in [0, 0.1) is 12.7 Å². The molecule has 1 rings (SSSR count). The van der Waals surface area contributed by atoms with Crippen molar-refractivity contribution in [1.29, 1.82) is 0 Å². The highest BCUT2D eigenvalue weighted by molar-refractivity contribution is 6.31. The predicted octanol–water partition coefficient (Wildman–Crippen LogP) is 2.76. The van der Waals surface area contributed by atoms with Crippen molar-refractivity contribution >= 4 is 17.7 Å². The fourth-order valence-corrected chi connectivity index (χ4v) is 1.15. The van der Waals surface area contributed by atoms with Crippen LogP contribution >= 0.6 is 11.6 Å². The van der Waals surface area contributed by atoms with E-state index in [0.29, 0.717) is 17.1 Å². The lowest BCUT2D eigenvalue weighted by molar-refractivity contribution is 0.624. The summed E-state index contributed by atoms with van der Waals surface area (Å²) in [5.41, 5.74) is 6.64. The second-order valence-electron chi connectivity index (χ2n) is 2.76. The number of hydrogen-bond donors (Lipinski definition) is 1. The molecule has 0 saturated carbocycles. The Kier molecular flexibility index (Phi) is 3.46. The number of halogens is 2. The Hall–Kier alpha value is -0.860. The van der Waals surface area contributed by atoms with Crippen molar-refractivity contribution < 1.29 is 4.39 Å². The summed E-state index contributed by atoms with van der Waals surface area (Å²) in [4.78, 5) is 0. The first-order valence-electron chi connectivity index (χ1n) is 3.97. The first-order valence-corrected chi connectivity index (χ1v) is 4.35. The Morgan fingerprint density at radius 2 is 2.23 bits per heavy atom. The molecule has 70 valence electrons. The van der Waals surface area contributed by atoms with Gasteiger partial charge >= 0.3 is 0 Å². The molecule has 0 radical (unpaired) electrons. The second-order valence-corrected chi connectivity index (χ2v) is 3.17. The number of hydrogen-bond acceptors (Lipinski definition) is 1. The zero-order chi connectivity index (χ0) is 9.84. The predicted molar refractivity (Wildman–Crippen MR) is 54.2 cm³/mol. The van der Waals surface area contributed by atoms with E-state index in [1.165, 1.54) is 6.07 Å². The van der Waals surface area contributed by atoms with Gasteiger partial charge in [0, 0.05) is 17.1 Å². The molecule has 2 N–H and O–H groups in total. The van der Waals surface area contributed by atoms with Gasteiger partial charge in [0.2, 0.25) is 0 Å². The van der Waals surface area contributed by atoms with Gasteiger partial charge in [0.25, 0.3) is 0 Å². The highest BCUT2D eigenvalue weighted by Gasteiger charge is 2.02. The summed E-state index contributed by atoms with van der Waals surface area (Å²) >= 11 is 5.73. The molecule has 13 heavy (non-hydrogen) atoms. The van der Waals surface area contributed by atoms with Crippen LogP contribution in [-0.4, -0.2) is 6.54 Å². The molecule has 0 atom stereocenters. The standard InChI is InChI=1S/C10H11ClFN/c1-7-5-8(3-2-4-13)10(12)6-9(7)11/h2-3,5-6H,4,13H2,1H3. The van der Waals surface area contributed by atoms with Crippen LogP contribution in [0.15, 0.2) is 18.2 Å². The summed E-state index contributed by atoms with van der Waals surface area (Å²) < 4.78 is 13.2. The van der Waals surface area contributed by atoms with Gasteiger partial charge in [-0.2, -0.15) is 0 Å². The molecule has 0 saturated heterocycles. The second kappa shape index (κ2) is 4.40. The van der Waals surface area contributed by atoms with E-state index in [2.05, 4.69) is 0 Å². The summed E-state index contributed by atoms with van der Waals surface area (Å²) in [5.74, 6) is -0.319. The fraction of sp³-hybridized carbons (Fsp3) is 0.200. The highest BCUT2D eigenvalue weighted by Crippen LogP contribution is 2.20. The first kappa shape index (κ1) is 10.2. The Labute approximate surface area is 82.0 Å². The fourth-order valence-electron chi connectivity index (χ4n) is 1.00. The zero-order valence-electron chi connectivity index (χ0n) is 7.35. The van der Waals surface area contributed by atoms with Crippen LogP contribution in [0.4, 0.5) is 4.39 Å². The van der Waals surface area contributed by atoms with E-state index in [4.69, 9.17) is 17.3 Å². The molecule has 0 bridgehead atoms. The van der Waals surface area contributed by atoms with Gasteiger partial charge in [-0.3, -0.25) is 0 Å². The smallest absolute Gasteiger partial charge is 0.131 e. The van der Waals surface area contributed by atoms with Crippen LogP contribution < -0.4 is 5.73 Å². The summed E-state index contributed by atoms with van der Waals surface area (Å²) in [6, 6.07) is 3.01. The largest absolute Gasteiger partial charge is 0.327 e.